The Labute approximate surface area is 125 Å². The average molecular weight is 345 g/mol. The van der Waals surface area contributed by atoms with Crippen molar-refractivity contribution >= 4 is 38.6 Å². The third-order valence-electron chi connectivity index (χ3n) is 2.81. The minimum Gasteiger partial charge on any atom is -0.396 e. The zero-order valence-electron chi connectivity index (χ0n) is 10.2. The maximum atomic E-state index is 8.71. The zero-order valence-corrected chi connectivity index (χ0v) is 13.4. The van der Waals surface area contributed by atoms with Crippen molar-refractivity contribution < 1.29 is 5.11 Å². The number of unbranched alkanes of at least 4 members (excludes halogenated alkanes) is 3. The van der Waals surface area contributed by atoms with Gasteiger partial charge in [0, 0.05) is 21.2 Å². The predicted molar refractivity (Wildman–Crippen MR) is 84.6 cm³/mol. The number of hydrogen-bond donors (Lipinski definition) is 1. The molecule has 0 unspecified atom stereocenters. The van der Waals surface area contributed by atoms with Crippen molar-refractivity contribution in [1.82, 2.24) is 0 Å². The van der Waals surface area contributed by atoms with Gasteiger partial charge in [0.05, 0.1) is 3.79 Å². The number of halogens is 1. The minimum absolute atomic E-state index is 0.330. The van der Waals surface area contributed by atoms with E-state index in [2.05, 4.69) is 40.2 Å². The van der Waals surface area contributed by atoms with Crippen LogP contribution in [0.5, 0.6) is 0 Å². The number of thiophene rings is 2. The quantitative estimate of drug-likeness (QED) is 0.672. The molecule has 1 nitrogen and oxygen atoms in total. The van der Waals surface area contributed by atoms with Crippen LogP contribution < -0.4 is 0 Å². The van der Waals surface area contributed by atoms with E-state index in [1.807, 2.05) is 11.3 Å². The fourth-order valence-electron chi connectivity index (χ4n) is 1.86. The Kier molecular flexibility index (Phi) is 5.89. The van der Waals surface area contributed by atoms with E-state index >= 15 is 0 Å². The molecule has 2 aromatic heterocycles. The lowest BCUT2D eigenvalue weighted by Crippen LogP contribution is -1.85. The van der Waals surface area contributed by atoms with Crippen molar-refractivity contribution in [3.8, 4) is 9.75 Å². The van der Waals surface area contributed by atoms with E-state index in [4.69, 9.17) is 5.11 Å². The van der Waals surface area contributed by atoms with Gasteiger partial charge in [0.2, 0.25) is 0 Å². The lowest BCUT2D eigenvalue weighted by molar-refractivity contribution is 0.282. The van der Waals surface area contributed by atoms with E-state index < -0.39 is 0 Å². The van der Waals surface area contributed by atoms with E-state index in [0.717, 1.165) is 12.8 Å². The topological polar surface area (TPSA) is 20.2 Å². The summed E-state index contributed by atoms with van der Waals surface area (Å²) in [4.78, 5) is 4.19. The van der Waals surface area contributed by atoms with Gasteiger partial charge in [-0.15, -0.1) is 22.7 Å². The molecule has 1 N–H and O–H groups in total. The van der Waals surface area contributed by atoms with Gasteiger partial charge in [-0.1, -0.05) is 12.8 Å². The standard InChI is InChI=1S/C14H17BrOS2/c15-14-9-8-13(18-14)12-7-6-11(17-12)5-3-1-2-4-10-16/h6-9,16H,1-5,10H2. The van der Waals surface area contributed by atoms with Crippen molar-refractivity contribution in [2.75, 3.05) is 6.61 Å². The molecule has 18 heavy (non-hydrogen) atoms. The molecule has 0 aliphatic heterocycles. The molecule has 2 aromatic rings. The summed E-state index contributed by atoms with van der Waals surface area (Å²) in [5, 5.41) is 8.71. The molecule has 0 radical (unpaired) electrons. The Morgan fingerprint density at radius 1 is 0.889 bits per heavy atom. The first kappa shape index (κ1) is 14.3. The van der Waals surface area contributed by atoms with Gasteiger partial charge >= 0.3 is 0 Å². The molecule has 2 rings (SSSR count). The van der Waals surface area contributed by atoms with Crippen LogP contribution in [0, 0.1) is 0 Å². The Balaban J connectivity index is 1.83. The summed E-state index contributed by atoms with van der Waals surface area (Å²) in [5.74, 6) is 0. The van der Waals surface area contributed by atoms with Gasteiger partial charge < -0.3 is 5.11 Å². The second-order valence-corrected chi connectivity index (χ2v) is 7.89. The highest BCUT2D eigenvalue weighted by Crippen LogP contribution is 2.35. The van der Waals surface area contributed by atoms with Crippen LogP contribution in [0.15, 0.2) is 28.1 Å². The van der Waals surface area contributed by atoms with E-state index in [9.17, 15) is 0 Å². The van der Waals surface area contributed by atoms with Gasteiger partial charge in [-0.2, -0.15) is 0 Å². The number of aliphatic hydroxyl groups excluding tert-OH is 1. The SMILES string of the molecule is OCCCCCCc1ccc(-c2ccc(Br)s2)s1. The first-order chi connectivity index (χ1) is 8.79. The second kappa shape index (κ2) is 7.43. The smallest absolute Gasteiger partial charge is 0.0705 e. The van der Waals surface area contributed by atoms with Crippen LogP contribution >= 0.6 is 38.6 Å². The third kappa shape index (κ3) is 4.19. The second-order valence-electron chi connectivity index (χ2n) is 4.26. The molecule has 0 atom stereocenters. The monoisotopic (exact) mass is 344 g/mol. The van der Waals surface area contributed by atoms with Crippen molar-refractivity contribution in [1.29, 1.82) is 0 Å². The van der Waals surface area contributed by atoms with Crippen molar-refractivity contribution in [3.63, 3.8) is 0 Å². The molecule has 4 heteroatoms. The van der Waals surface area contributed by atoms with Crippen LogP contribution in [0.25, 0.3) is 9.75 Å². The predicted octanol–water partition coefficient (Wildman–Crippen LogP) is 5.33. The van der Waals surface area contributed by atoms with Crippen molar-refractivity contribution in [3.05, 3.63) is 32.9 Å². The summed E-state index contributed by atoms with van der Waals surface area (Å²) < 4.78 is 1.19. The van der Waals surface area contributed by atoms with Gasteiger partial charge in [-0.3, -0.25) is 0 Å². The van der Waals surface area contributed by atoms with E-state index in [-0.39, 0.29) is 0 Å². The average Bonchev–Trinajstić information content (AvgIpc) is 2.97. The Bertz CT molecular complexity index is 476. The maximum Gasteiger partial charge on any atom is 0.0705 e. The van der Waals surface area contributed by atoms with Crippen LogP contribution in [0.3, 0.4) is 0 Å². The van der Waals surface area contributed by atoms with Crippen LogP contribution in [-0.4, -0.2) is 11.7 Å². The Hall–Kier alpha value is -0.160. The third-order valence-corrected chi connectivity index (χ3v) is 5.77. The molecule has 0 aliphatic rings. The molecule has 98 valence electrons. The van der Waals surface area contributed by atoms with Crippen LogP contribution in [0.1, 0.15) is 30.6 Å². The summed E-state index contributed by atoms with van der Waals surface area (Å²) in [6.45, 7) is 0.330. The van der Waals surface area contributed by atoms with Crippen molar-refractivity contribution in [2.24, 2.45) is 0 Å². The number of aliphatic hydroxyl groups is 1. The molecular formula is C14H17BrOS2. The fraction of sp³-hybridized carbons (Fsp3) is 0.429. The summed E-state index contributed by atoms with van der Waals surface area (Å²) in [7, 11) is 0. The zero-order chi connectivity index (χ0) is 12.8. The van der Waals surface area contributed by atoms with E-state index in [0.29, 0.717) is 6.61 Å². The first-order valence-corrected chi connectivity index (χ1v) is 8.67. The minimum atomic E-state index is 0.330. The van der Waals surface area contributed by atoms with Crippen LogP contribution in [0.2, 0.25) is 0 Å². The highest BCUT2D eigenvalue weighted by atomic mass is 79.9. The number of aryl methyl sites for hydroxylation is 1. The molecule has 0 aromatic carbocycles. The molecular weight excluding hydrogens is 328 g/mol. The molecule has 0 amide bonds. The Morgan fingerprint density at radius 2 is 1.61 bits per heavy atom. The van der Waals surface area contributed by atoms with Crippen LogP contribution in [-0.2, 0) is 6.42 Å². The lowest BCUT2D eigenvalue weighted by atomic mass is 10.1. The highest BCUT2D eigenvalue weighted by molar-refractivity contribution is 9.11. The van der Waals surface area contributed by atoms with E-state index in [1.165, 1.54) is 37.7 Å². The van der Waals surface area contributed by atoms with Gasteiger partial charge in [0.1, 0.15) is 0 Å². The molecule has 0 fully saturated rings. The van der Waals surface area contributed by atoms with Gasteiger partial charge in [0.15, 0.2) is 0 Å². The summed E-state index contributed by atoms with van der Waals surface area (Å²) in [6, 6.07) is 8.76. The van der Waals surface area contributed by atoms with E-state index in [1.54, 1.807) is 11.3 Å². The maximum absolute atomic E-state index is 8.71. The van der Waals surface area contributed by atoms with Crippen LogP contribution in [0.4, 0.5) is 0 Å². The number of hydrogen-bond acceptors (Lipinski definition) is 3. The molecule has 0 saturated heterocycles. The summed E-state index contributed by atoms with van der Waals surface area (Å²) >= 11 is 7.20. The van der Waals surface area contributed by atoms with Crippen molar-refractivity contribution in [2.45, 2.75) is 32.1 Å². The summed E-state index contributed by atoms with van der Waals surface area (Å²) in [6.07, 6.45) is 5.71. The molecule has 0 spiro atoms. The molecule has 0 bridgehead atoms. The molecule has 2 heterocycles. The largest absolute Gasteiger partial charge is 0.396 e. The summed E-state index contributed by atoms with van der Waals surface area (Å²) in [5.41, 5.74) is 0. The highest BCUT2D eigenvalue weighted by Gasteiger charge is 2.05. The molecule has 0 saturated carbocycles. The van der Waals surface area contributed by atoms with Gasteiger partial charge in [0.25, 0.3) is 0 Å². The van der Waals surface area contributed by atoms with Gasteiger partial charge in [-0.05, 0) is 59.5 Å². The first-order valence-electron chi connectivity index (χ1n) is 6.25. The Morgan fingerprint density at radius 3 is 2.33 bits per heavy atom. The molecule has 0 aliphatic carbocycles. The van der Waals surface area contributed by atoms with Gasteiger partial charge in [-0.25, -0.2) is 0 Å². The lowest BCUT2D eigenvalue weighted by Gasteiger charge is -1.97. The normalized spacial score (nSPS) is 11.0. The fourth-order valence-corrected chi connectivity index (χ4v) is 4.38. The number of rotatable bonds is 7.